The normalized spacial score (nSPS) is 12.7. The van der Waals surface area contributed by atoms with E-state index in [4.69, 9.17) is 0 Å². The van der Waals surface area contributed by atoms with E-state index in [-0.39, 0.29) is 16.5 Å². The van der Waals surface area contributed by atoms with Crippen molar-refractivity contribution in [1.82, 2.24) is 0 Å². The largest absolute Gasteiger partial charge is 2.00 e. The molecule has 0 fully saturated rings. The first-order valence-electron chi connectivity index (χ1n) is 22.1. The van der Waals surface area contributed by atoms with E-state index in [9.17, 15) is 25.9 Å². The second kappa shape index (κ2) is 35.9. The first-order chi connectivity index (χ1) is 26.1. The van der Waals surface area contributed by atoms with Crippen molar-refractivity contribution in [1.29, 1.82) is 0 Å². The van der Waals surface area contributed by atoms with Crippen molar-refractivity contribution in [2.45, 2.75) is 217 Å². The topological polar surface area (TPSA) is 114 Å². The van der Waals surface area contributed by atoms with Gasteiger partial charge in [-0.25, -0.2) is 16.8 Å². The van der Waals surface area contributed by atoms with Crippen LogP contribution in [-0.4, -0.2) is 25.9 Å². The van der Waals surface area contributed by atoms with Gasteiger partial charge in [0, 0.05) is 0 Å². The Balaban J connectivity index is 0.00000104. The molecule has 0 aliphatic rings. The van der Waals surface area contributed by atoms with Crippen molar-refractivity contribution in [3.8, 4) is 0 Å². The van der Waals surface area contributed by atoms with Gasteiger partial charge in [0.1, 0.15) is 20.2 Å². The van der Waals surface area contributed by atoms with Crippen LogP contribution in [0, 0.1) is 0 Å². The molecule has 0 amide bonds. The molecule has 320 valence electrons. The molecule has 2 unspecified atom stereocenters. The fraction of sp³-hybridized carbons (Fsp3) is 0.739. The van der Waals surface area contributed by atoms with Crippen LogP contribution in [0.15, 0.2) is 60.7 Å². The average Bonchev–Trinajstić information content (AvgIpc) is 3.15. The summed E-state index contributed by atoms with van der Waals surface area (Å²) in [5.41, 5.74) is 1.25. The van der Waals surface area contributed by atoms with E-state index in [0.29, 0.717) is 24.0 Å². The number of unbranched alkanes of at least 4 members (excludes halogenated alkanes) is 26. The minimum absolute atomic E-state index is 0. The molecule has 0 aliphatic heterocycles. The Morgan fingerprint density at radius 1 is 0.364 bits per heavy atom. The smallest absolute Gasteiger partial charge is 0.747 e. The maximum Gasteiger partial charge on any atom is 2.00 e. The second-order valence-electron chi connectivity index (χ2n) is 15.6. The molecule has 2 atom stereocenters. The number of hydrogen-bond donors (Lipinski definition) is 0. The molecule has 2 aromatic carbocycles. The molecule has 0 aromatic heterocycles. The van der Waals surface area contributed by atoms with Crippen molar-refractivity contribution in [3.63, 3.8) is 0 Å². The molecule has 0 bridgehead atoms. The van der Waals surface area contributed by atoms with Crippen molar-refractivity contribution >= 4 is 20.2 Å². The Labute approximate surface area is 349 Å². The summed E-state index contributed by atoms with van der Waals surface area (Å²) < 4.78 is 69.2. The van der Waals surface area contributed by atoms with E-state index >= 15 is 0 Å². The number of hydrogen-bond acceptors (Lipinski definition) is 6. The first kappa shape index (κ1) is 53.8. The fourth-order valence-electron chi connectivity index (χ4n) is 7.34. The second-order valence-corrected chi connectivity index (χ2v) is 18.7. The predicted molar refractivity (Wildman–Crippen MR) is 228 cm³/mol. The molecular weight excluding hydrogens is 771 g/mol. The third kappa shape index (κ3) is 30.5. The molecule has 6 nitrogen and oxygen atoms in total. The van der Waals surface area contributed by atoms with Crippen molar-refractivity contribution in [3.05, 3.63) is 71.8 Å². The van der Waals surface area contributed by atoms with Crippen molar-refractivity contribution < 1.29 is 42.4 Å². The minimum atomic E-state index is -4.29. The Kier molecular flexibility index (Phi) is 35.1. The Bertz CT molecular complexity index is 1220. The molecule has 9 heteroatoms. The van der Waals surface area contributed by atoms with Gasteiger partial charge in [-0.15, -0.1) is 0 Å². The van der Waals surface area contributed by atoms with Gasteiger partial charge < -0.3 is 9.11 Å². The van der Waals surface area contributed by atoms with E-state index < -0.39 is 30.7 Å². The van der Waals surface area contributed by atoms with E-state index in [1.165, 1.54) is 141 Å². The Morgan fingerprint density at radius 2 is 0.564 bits per heavy atom. The SMILES string of the molecule is CCCCCCCCCCCCCCCCC(c1ccccc1)S(=O)(=O)[O-].CCCCCCCCCCCCCCCCC(c1ccccc1)S(=O)(=O)[O-].[Ni+2]. The van der Waals surface area contributed by atoms with Crippen LogP contribution in [0.3, 0.4) is 0 Å². The van der Waals surface area contributed by atoms with E-state index in [1.807, 2.05) is 12.1 Å². The molecule has 2 aromatic rings. The van der Waals surface area contributed by atoms with E-state index in [1.54, 1.807) is 48.5 Å². The van der Waals surface area contributed by atoms with Crippen LogP contribution in [-0.2, 0) is 36.7 Å². The predicted octanol–water partition coefficient (Wildman–Crippen LogP) is 14.3. The first-order valence-corrected chi connectivity index (χ1v) is 25.0. The van der Waals surface area contributed by atoms with E-state index in [0.717, 1.165) is 38.5 Å². The van der Waals surface area contributed by atoms with Gasteiger partial charge >= 0.3 is 16.5 Å². The van der Waals surface area contributed by atoms with Gasteiger partial charge in [-0.3, -0.25) is 0 Å². The summed E-state index contributed by atoms with van der Waals surface area (Å²) in [4.78, 5) is 0. The van der Waals surface area contributed by atoms with Crippen LogP contribution in [0.2, 0.25) is 0 Å². The number of benzene rings is 2. The summed E-state index contributed by atoms with van der Waals surface area (Å²) in [5.74, 6) is 0. The molecule has 0 N–H and O–H groups in total. The molecule has 0 saturated carbocycles. The zero-order valence-electron chi connectivity index (χ0n) is 34.7. The zero-order chi connectivity index (χ0) is 39.6. The molecule has 0 heterocycles. The Hall–Kier alpha value is -1.25. The Morgan fingerprint density at radius 3 is 0.764 bits per heavy atom. The fourth-order valence-corrected chi connectivity index (χ4v) is 9.23. The van der Waals surface area contributed by atoms with Crippen LogP contribution in [0.4, 0.5) is 0 Å². The van der Waals surface area contributed by atoms with Gasteiger partial charge in [0.25, 0.3) is 0 Å². The van der Waals surface area contributed by atoms with Gasteiger partial charge in [0.05, 0.1) is 10.5 Å². The summed E-state index contributed by atoms with van der Waals surface area (Å²) >= 11 is 0. The number of rotatable bonds is 34. The van der Waals surface area contributed by atoms with Crippen LogP contribution >= 0.6 is 0 Å². The summed E-state index contributed by atoms with van der Waals surface area (Å²) in [5, 5.41) is -1.79. The summed E-state index contributed by atoms with van der Waals surface area (Å²) in [6.07, 6.45) is 36.4. The van der Waals surface area contributed by atoms with Crippen molar-refractivity contribution in [2.75, 3.05) is 0 Å². The van der Waals surface area contributed by atoms with Crippen LogP contribution in [0.5, 0.6) is 0 Å². The molecule has 0 spiro atoms. The summed E-state index contributed by atoms with van der Waals surface area (Å²) in [7, 11) is -8.57. The standard InChI is InChI=1S/2C23H40O3S.Ni/c2*1-2-3-4-5-6-7-8-9-10-11-12-13-14-18-21-23(27(24,25)26)22-19-16-15-17-20-22;/h2*15-17,19-20,23H,2-14,18,21H2,1H3,(H,24,25,26);/q;;+2/p-2. The summed E-state index contributed by atoms with van der Waals surface area (Å²) in [6, 6.07) is 17.8. The molecule has 55 heavy (non-hydrogen) atoms. The van der Waals surface area contributed by atoms with E-state index in [2.05, 4.69) is 13.8 Å². The molecular formula is C46H78NiO6S2. The third-order valence-electron chi connectivity index (χ3n) is 10.7. The minimum Gasteiger partial charge on any atom is -0.747 e. The monoisotopic (exact) mass is 848 g/mol. The maximum absolute atomic E-state index is 11.5. The van der Waals surface area contributed by atoms with Crippen LogP contribution < -0.4 is 0 Å². The van der Waals surface area contributed by atoms with Crippen LogP contribution in [0.1, 0.15) is 228 Å². The molecule has 2 rings (SSSR count). The van der Waals surface area contributed by atoms with Crippen molar-refractivity contribution in [2.24, 2.45) is 0 Å². The van der Waals surface area contributed by atoms with Gasteiger partial charge in [0.15, 0.2) is 0 Å². The zero-order valence-corrected chi connectivity index (χ0v) is 37.3. The van der Waals surface area contributed by atoms with Gasteiger partial charge in [-0.05, 0) is 24.0 Å². The van der Waals surface area contributed by atoms with Crippen LogP contribution in [0.25, 0.3) is 0 Å². The quantitative estimate of drug-likeness (QED) is 0.0393. The van der Waals surface area contributed by atoms with Gasteiger partial charge in [-0.2, -0.15) is 0 Å². The molecule has 0 aliphatic carbocycles. The summed E-state index contributed by atoms with van der Waals surface area (Å²) in [6.45, 7) is 4.51. The van der Waals surface area contributed by atoms with Gasteiger partial charge in [-0.1, -0.05) is 254 Å². The average molecular weight is 850 g/mol. The molecule has 0 saturated heterocycles. The maximum atomic E-state index is 11.5. The van der Waals surface area contributed by atoms with Gasteiger partial charge in [0.2, 0.25) is 0 Å². The third-order valence-corrected chi connectivity index (χ3v) is 13.1. The molecule has 0 radical (unpaired) electrons.